The lowest BCUT2D eigenvalue weighted by atomic mass is 10.1. The van der Waals surface area contributed by atoms with E-state index in [9.17, 15) is 0 Å². The normalized spacial score (nSPS) is 11.8. The van der Waals surface area contributed by atoms with Gasteiger partial charge in [-0.25, -0.2) is 0 Å². The van der Waals surface area contributed by atoms with Crippen LogP contribution in [0.1, 0.15) is 71.6 Å². The Morgan fingerprint density at radius 2 is 1.30 bits per heavy atom. The second-order valence-electron chi connectivity index (χ2n) is 5.44. The monoisotopic (exact) mass is 290 g/mol. The van der Waals surface area contributed by atoms with Gasteiger partial charge in [-0.1, -0.05) is 58.3 Å². The fraction of sp³-hybridized carbons (Fsp3) is 1.00. The summed E-state index contributed by atoms with van der Waals surface area (Å²) in [5.41, 5.74) is 5.67. The Kier molecular flexibility index (Phi) is 23.4. The van der Waals surface area contributed by atoms with Crippen LogP contribution in [0.4, 0.5) is 0 Å². The molecule has 0 amide bonds. The van der Waals surface area contributed by atoms with Gasteiger partial charge in [0.2, 0.25) is 0 Å². The summed E-state index contributed by atoms with van der Waals surface area (Å²) >= 11 is 0. The molecular weight excluding hydrogens is 252 g/mol. The standard InChI is InChI=1S/C12H27N.C4H11NO2/c1-3-4-5-6-7-8-9-10-11-12(2)13;6-3-1-5-2-4-7/h12H,3-11,13H2,1-2H3;5-7H,1-4H2. The Morgan fingerprint density at radius 1 is 0.850 bits per heavy atom. The number of hydrogen-bond acceptors (Lipinski definition) is 4. The number of hydrogen-bond donors (Lipinski definition) is 4. The van der Waals surface area contributed by atoms with Gasteiger partial charge in [0, 0.05) is 19.1 Å². The summed E-state index contributed by atoms with van der Waals surface area (Å²) < 4.78 is 0. The first kappa shape index (κ1) is 22.1. The minimum Gasteiger partial charge on any atom is -0.395 e. The van der Waals surface area contributed by atoms with Crippen molar-refractivity contribution in [2.45, 2.75) is 77.7 Å². The van der Waals surface area contributed by atoms with Crippen molar-refractivity contribution < 1.29 is 10.2 Å². The molecule has 0 fully saturated rings. The van der Waals surface area contributed by atoms with Crippen molar-refractivity contribution in [3.05, 3.63) is 0 Å². The predicted molar refractivity (Wildman–Crippen MR) is 87.9 cm³/mol. The number of aliphatic hydroxyl groups excluding tert-OH is 2. The average molecular weight is 290 g/mol. The SMILES string of the molecule is CCCCCCCCCCC(C)N.OCCNCCO. The zero-order chi connectivity index (χ0) is 15.5. The first-order valence-corrected chi connectivity index (χ1v) is 8.37. The number of nitrogens with one attached hydrogen (secondary N) is 1. The van der Waals surface area contributed by atoms with E-state index in [4.69, 9.17) is 15.9 Å². The number of nitrogens with two attached hydrogens (primary N) is 1. The quantitative estimate of drug-likeness (QED) is 0.393. The van der Waals surface area contributed by atoms with E-state index in [1.54, 1.807) is 0 Å². The molecule has 0 aromatic rings. The lowest BCUT2D eigenvalue weighted by Crippen LogP contribution is -2.21. The van der Waals surface area contributed by atoms with Gasteiger partial charge in [0.05, 0.1) is 13.2 Å². The Labute approximate surface area is 126 Å². The summed E-state index contributed by atoms with van der Waals surface area (Å²) in [5.74, 6) is 0. The van der Waals surface area contributed by atoms with Crippen LogP contribution in [0.2, 0.25) is 0 Å². The largest absolute Gasteiger partial charge is 0.395 e. The van der Waals surface area contributed by atoms with E-state index in [2.05, 4.69) is 19.2 Å². The molecule has 0 aromatic heterocycles. The summed E-state index contributed by atoms with van der Waals surface area (Å²) in [7, 11) is 0. The third-order valence-corrected chi connectivity index (χ3v) is 3.09. The molecule has 20 heavy (non-hydrogen) atoms. The van der Waals surface area contributed by atoms with E-state index < -0.39 is 0 Å². The molecule has 0 rings (SSSR count). The van der Waals surface area contributed by atoms with Crippen LogP contribution >= 0.6 is 0 Å². The highest BCUT2D eigenvalue weighted by atomic mass is 16.3. The lowest BCUT2D eigenvalue weighted by molar-refractivity contribution is 0.267. The molecule has 0 saturated carbocycles. The minimum absolute atomic E-state index is 0.139. The summed E-state index contributed by atoms with van der Waals surface area (Å²) in [6.07, 6.45) is 12.4. The van der Waals surface area contributed by atoms with Crippen molar-refractivity contribution in [3.8, 4) is 0 Å². The Morgan fingerprint density at radius 3 is 1.70 bits per heavy atom. The topological polar surface area (TPSA) is 78.5 Å². The van der Waals surface area contributed by atoms with Crippen molar-refractivity contribution in [3.63, 3.8) is 0 Å². The molecule has 0 aliphatic carbocycles. The highest BCUT2D eigenvalue weighted by molar-refractivity contribution is 4.53. The molecule has 0 heterocycles. The summed E-state index contributed by atoms with van der Waals surface area (Å²) in [5, 5.41) is 19.1. The molecule has 5 N–H and O–H groups in total. The molecule has 0 aliphatic heterocycles. The highest BCUT2D eigenvalue weighted by Crippen LogP contribution is 2.09. The zero-order valence-corrected chi connectivity index (χ0v) is 13.7. The molecule has 1 unspecified atom stereocenters. The number of unbranched alkanes of at least 4 members (excludes halogenated alkanes) is 7. The van der Waals surface area contributed by atoms with Gasteiger partial charge >= 0.3 is 0 Å². The van der Waals surface area contributed by atoms with E-state index in [0.29, 0.717) is 19.1 Å². The molecule has 0 aliphatic rings. The maximum absolute atomic E-state index is 8.15. The van der Waals surface area contributed by atoms with E-state index in [0.717, 1.165) is 0 Å². The van der Waals surface area contributed by atoms with Gasteiger partial charge < -0.3 is 21.3 Å². The molecular formula is C16H38N2O2. The van der Waals surface area contributed by atoms with Gasteiger partial charge in [-0.15, -0.1) is 0 Å². The fourth-order valence-corrected chi connectivity index (χ4v) is 1.88. The molecule has 124 valence electrons. The molecule has 1 atom stereocenters. The number of aliphatic hydroxyl groups is 2. The third kappa shape index (κ3) is 26.4. The van der Waals surface area contributed by atoms with Crippen LogP contribution in [0, 0.1) is 0 Å². The van der Waals surface area contributed by atoms with E-state index >= 15 is 0 Å². The first-order valence-electron chi connectivity index (χ1n) is 8.37. The molecule has 0 saturated heterocycles. The van der Waals surface area contributed by atoms with Crippen LogP contribution in [-0.2, 0) is 0 Å². The van der Waals surface area contributed by atoms with Gasteiger partial charge in [0.25, 0.3) is 0 Å². The second kappa shape index (κ2) is 21.1. The smallest absolute Gasteiger partial charge is 0.0555 e. The average Bonchev–Trinajstić information content (AvgIpc) is 2.43. The highest BCUT2D eigenvalue weighted by Gasteiger charge is 1.94. The van der Waals surface area contributed by atoms with Gasteiger partial charge in [-0.2, -0.15) is 0 Å². The van der Waals surface area contributed by atoms with E-state index in [1.165, 1.54) is 57.8 Å². The van der Waals surface area contributed by atoms with Crippen molar-refractivity contribution in [2.75, 3.05) is 26.3 Å². The van der Waals surface area contributed by atoms with Crippen LogP contribution in [0.15, 0.2) is 0 Å². The predicted octanol–water partition coefficient (Wildman–Crippen LogP) is 2.43. The zero-order valence-electron chi connectivity index (χ0n) is 13.7. The summed E-state index contributed by atoms with van der Waals surface area (Å²) in [6.45, 7) is 5.78. The maximum atomic E-state index is 8.15. The Bertz CT molecular complexity index is 151. The molecule has 0 aromatic carbocycles. The van der Waals surface area contributed by atoms with E-state index in [1.807, 2.05) is 0 Å². The van der Waals surface area contributed by atoms with Crippen molar-refractivity contribution in [1.82, 2.24) is 5.32 Å². The molecule has 0 radical (unpaired) electrons. The lowest BCUT2D eigenvalue weighted by Gasteiger charge is -2.04. The van der Waals surface area contributed by atoms with Crippen molar-refractivity contribution in [2.24, 2.45) is 5.73 Å². The van der Waals surface area contributed by atoms with Crippen LogP contribution in [0.3, 0.4) is 0 Å². The maximum Gasteiger partial charge on any atom is 0.0555 e. The summed E-state index contributed by atoms with van der Waals surface area (Å²) in [6, 6.07) is 0.403. The van der Waals surface area contributed by atoms with Crippen LogP contribution in [-0.4, -0.2) is 42.6 Å². The summed E-state index contributed by atoms with van der Waals surface area (Å²) in [4.78, 5) is 0. The van der Waals surface area contributed by atoms with Crippen LogP contribution in [0.5, 0.6) is 0 Å². The van der Waals surface area contributed by atoms with Gasteiger partial charge in [0.15, 0.2) is 0 Å². The molecule has 0 bridgehead atoms. The van der Waals surface area contributed by atoms with Gasteiger partial charge in [-0.3, -0.25) is 0 Å². The van der Waals surface area contributed by atoms with Gasteiger partial charge in [0.1, 0.15) is 0 Å². The molecule has 4 nitrogen and oxygen atoms in total. The van der Waals surface area contributed by atoms with Crippen LogP contribution < -0.4 is 11.1 Å². The number of rotatable bonds is 13. The third-order valence-electron chi connectivity index (χ3n) is 3.09. The Hall–Kier alpha value is -0.160. The van der Waals surface area contributed by atoms with Crippen molar-refractivity contribution >= 4 is 0 Å². The van der Waals surface area contributed by atoms with Gasteiger partial charge in [-0.05, 0) is 13.3 Å². The van der Waals surface area contributed by atoms with Crippen LogP contribution in [0.25, 0.3) is 0 Å². The second-order valence-corrected chi connectivity index (χ2v) is 5.44. The molecule has 4 heteroatoms. The Balaban J connectivity index is 0. The van der Waals surface area contributed by atoms with Crippen molar-refractivity contribution in [1.29, 1.82) is 0 Å². The molecule has 0 spiro atoms. The van der Waals surface area contributed by atoms with E-state index in [-0.39, 0.29) is 13.2 Å². The first-order chi connectivity index (χ1) is 9.68. The fourth-order valence-electron chi connectivity index (χ4n) is 1.88. The minimum atomic E-state index is 0.139.